The molecule has 1 aromatic heterocycles. The standard InChI is InChI=1S/C19H25N3OS/c1-13-6-4-7-16(14(13)2)17-8-5-9-22(17)11-15-12-24-19(21-15)10-18(23)20-3/h4,6-7,12,17H,5,8-11H2,1-3H3,(H,20,23). The van der Waals surface area contributed by atoms with Gasteiger partial charge in [-0.1, -0.05) is 18.2 Å². The number of nitrogens with zero attached hydrogens (tertiary/aromatic N) is 2. The van der Waals surface area contributed by atoms with E-state index in [1.807, 2.05) is 0 Å². The topological polar surface area (TPSA) is 45.2 Å². The van der Waals surface area contributed by atoms with Crippen molar-refractivity contribution in [2.75, 3.05) is 13.6 Å². The molecule has 0 radical (unpaired) electrons. The van der Waals surface area contributed by atoms with Gasteiger partial charge in [-0.3, -0.25) is 9.69 Å². The van der Waals surface area contributed by atoms with E-state index in [-0.39, 0.29) is 5.91 Å². The first-order valence-electron chi connectivity index (χ1n) is 8.52. The summed E-state index contributed by atoms with van der Waals surface area (Å²) in [6.07, 6.45) is 2.81. The zero-order valence-corrected chi connectivity index (χ0v) is 15.4. The van der Waals surface area contributed by atoms with Crippen molar-refractivity contribution >= 4 is 17.2 Å². The molecule has 5 heteroatoms. The van der Waals surface area contributed by atoms with Crippen molar-refractivity contribution in [3.63, 3.8) is 0 Å². The van der Waals surface area contributed by atoms with Crippen molar-refractivity contribution in [3.05, 3.63) is 51.0 Å². The fourth-order valence-corrected chi connectivity index (χ4v) is 4.22. The number of amides is 1. The predicted octanol–water partition coefficient (Wildman–Crippen LogP) is 3.39. The summed E-state index contributed by atoms with van der Waals surface area (Å²) < 4.78 is 0. The summed E-state index contributed by atoms with van der Waals surface area (Å²) in [5.41, 5.74) is 5.30. The number of nitrogens with one attached hydrogen (secondary N) is 1. The monoisotopic (exact) mass is 343 g/mol. The van der Waals surface area contributed by atoms with Gasteiger partial charge in [0.1, 0.15) is 5.01 Å². The van der Waals surface area contributed by atoms with Crippen LogP contribution in [0.25, 0.3) is 0 Å². The number of likely N-dealkylation sites (N-methyl/N-ethyl adjacent to an activating group) is 1. The fourth-order valence-electron chi connectivity index (χ4n) is 3.44. The van der Waals surface area contributed by atoms with Crippen LogP contribution in [-0.2, 0) is 17.8 Å². The van der Waals surface area contributed by atoms with Gasteiger partial charge in [0.05, 0.1) is 12.1 Å². The minimum atomic E-state index is 0.0188. The highest BCUT2D eigenvalue weighted by Gasteiger charge is 2.27. The highest BCUT2D eigenvalue weighted by atomic mass is 32.1. The van der Waals surface area contributed by atoms with Crippen LogP contribution in [-0.4, -0.2) is 29.4 Å². The molecule has 1 N–H and O–H groups in total. The van der Waals surface area contributed by atoms with Gasteiger partial charge in [-0.25, -0.2) is 4.98 Å². The Hall–Kier alpha value is -1.72. The summed E-state index contributed by atoms with van der Waals surface area (Å²) in [5.74, 6) is 0.0188. The van der Waals surface area contributed by atoms with Gasteiger partial charge in [0.2, 0.25) is 5.91 Å². The fraction of sp³-hybridized carbons (Fsp3) is 0.474. The number of carbonyl (C=O) groups excluding carboxylic acids is 1. The Morgan fingerprint density at radius 1 is 1.42 bits per heavy atom. The molecule has 0 bridgehead atoms. The maximum Gasteiger partial charge on any atom is 0.226 e. The van der Waals surface area contributed by atoms with Crippen LogP contribution in [0, 0.1) is 13.8 Å². The minimum Gasteiger partial charge on any atom is -0.359 e. The Morgan fingerprint density at radius 2 is 2.25 bits per heavy atom. The van der Waals surface area contributed by atoms with Crippen LogP contribution in [0.4, 0.5) is 0 Å². The molecule has 0 saturated carbocycles. The third-order valence-electron chi connectivity index (χ3n) is 4.92. The second kappa shape index (κ2) is 7.45. The summed E-state index contributed by atoms with van der Waals surface area (Å²) in [6.45, 7) is 6.39. The quantitative estimate of drug-likeness (QED) is 0.905. The van der Waals surface area contributed by atoms with Gasteiger partial charge in [0.15, 0.2) is 0 Å². The lowest BCUT2D eigenvalue weighted by Crippen LogP contribution is -2.24. The lowest BCUT2D eigenvalue weighted by atomic mass is 9.96. The number of aryl methyl sites for hydroxylation is 1. The molecular formula is C19H25N3OS. The Morgan fingerprint density at radius 3 is 3.04 bits per heavy atom. The first-order chi connectivity index (χ1) is 11.6. The van der Waals surface area contributed by atoms with E-state index >= 15 is 0 Å². The van der Waals surface area contributed by atoms with Crippen LogP contribution < -0.4 is 5.32 Å². The maximum absolute atomic E-state index is 11.5. The SMILES string of the molecule is CNC(=O)Cc1nc(CN2CCCC2c2cccc(C)c2C)cs1. The summed E-state index contributed by atoms with van der Waals surface area (Å²) in [4.78, 5) is 18.7. The zero-order valence-electron chi connectivity index (χ0n) is 14.6. The van der Waals surface area contributed by atoms with E-state index in [1.54, 1.807) is 18.4 Å². The third-order valence-corrected chi connectivity index (χ3v) is 5.82. The number of hydrogen-bond acceptors (Lipinski definition) is 4. The molecule has 1 amide bonds. The molecule has 2 heterocycles. The van der Waals surface area contributed by atoms with Crippen LogP contribution in [0.3, 0.4) is 0 Å². The van der Waals surface area contributed by atoms with Gasteiger partial charge in [-0.2, -0.15) is 0 Å². The van der Waals surface area contributed by atoms with Crippen molar-refractivity contribution in [1.29, 1.82) is 0 Å². The van der Waals surface area contributed by atoms with Crippen LogP contribution >= 0.6 is 11.3 Å². The number of aromatic nitrogens is 1. The van der Waals surface area contributed by atoms with Crippen molar-refractivity contribution in [2.45, 2.75) is 45.7 Å². The highest BCUT2D eigenvalue weighted by Crippen LogP contribution is 2.35. The van der Waals surface area contributed by atoms with E-state index in [9.17, 15) is 4.79 Å². The van der Waals surface area contributed by atoms with E-state index in [2.05, 4.69) is 52.6 Å². The molecule has 3 rings (SSSR count). The average molecular weight is 343 g/mol. The van der Waals surface area contributed by atoms with Crippen LogP contribution in [0.5, 0.6) is 0 Å². The molecule has 1 fully saturated rings. The molecule has 1 saturated heterocycles. The average Bonchev–Trinajstić information content (AvgIpc) is 3.20. The number of benzene rings is 1. The number of rotatable bonds is 5. The second-order valence-electron chi connectivity index (χ2n) is 6.50. The summed E-state index contributed by atoms with van der Waals surface area (Å²) in [6, 6.07) is 7.10. The molecule has 0 aliphatic carbocycles. The van der Waals surface area contributed by atoms with Crippen molar-refractivity contribution < 1.29 is 4.79 Å². The summed E-state index contributed by atoms with van der Waals surface area (Å²) in [5, 5.41) is 5.64. The van der Waals surface area contributed by atoms with Gasteiger partial charge < -0.3 is 5.32 Å². The Bertz CT molecular complexity index is 725. The van der Waals surface area contributed by atoms with Crippen LogP contribution in [0.2, 0.25) is 0 Å². The molecule has 128 valence electrons. The molecule has 4 nitrogen and oxygen atoms in total. The first-order valence-corrected chi connectivity index (χ1v) is 9.40. The Balaban J connectivity index is 1.72. The van der Waals surface area contributed by atoms with E-state index in [1.165, 1.54) is 29.5 Å². The van der Waals surface area contributed by atoms with Gasteiger partial charge >= 0.3 is 0 Å². The van der Waals surface area contributed by atoms with E-state index < -0.39 is 0 Å². The number of hydrogen-bond donors (Lipinski definition) is 1. The normalized spacial score (nSPS) is 18.0. The largest absolute Gasteiger partial charge is 0.359 e. The predicted molar refractivity (Wildman–Crippen MR) is 98.2 cm³/mol. The van der Waals surface area contributed by atoms with E-state index in [0.29, 0.717) is 12.5 Å². The molecule has 0 spiro atoms. The van der Waals surface area contributed by atoms with E-state index in [4.69, 9.17) is 0 Å². The Labute approximate surface area is 147 Å². The molecule has 1 unspecified atom stereocenters. The van der Waals surface area contributed by atoms with Crippen molar-refractivity contribution in [3.8, 4) is 0 Å². The lowest BCUT2D eigenvalue weighted by molar-refractivity contribution is -0.119. The summed E-state index contributed by atoms with van der Waals surface area (Å²) >= 11 is 1.58. The van der Waals surface area contributed by atoms with Crippen molar-refractivity contribution in [2.24, 2.45) is 0 Å². The molecule has 1 aliphatic rings. The smallest absolute Gasteiger partial charge is 0.226 e. The number of carbonyl (C=O) groups is 1. The second-order valence-corrected chi connectivity index (χ2v) is 7.44. The molecular weight excluding hydrogens is 318 g/mol. The van der Waals surface area contributed by atoms with Gasteiger partial charge in [0, 0.05) is 25.0 Å². The molecule has 1 aromatic carbocycles. The molecule has 2 aromatic rings. The summed E-state index contributed by atoms with van der Waals surface area (Å²) in [7, 11) is 1.66. The first kappa shape index (κ1) is 17.1. The third kappa shape index (κ3) is 3.68. The molecule has 1 atom stereocenters. The van der Waals surface area contributed by atoms with Crippen LogP contribution in [0.1, 0.15) is 46.3 Å². The maximum atomic E-state index is 11.5. The number of likely N-dealkylation sites (tertiary alicyclic amines) is 1. The minimum absolute atomic E-state index is 0.0188. The van der Waals surface area contributed by atoms with Gasteiger partial charge in [-0.05, 0) is 49.9 Å². The highest BCUT2D eigenvalue weighted by molar-refractivity contribution is 7.09. The van der Waals surface area contributed by atoms with E-state index in [0.717, 1.165) is 23.8 Å². The zero-order chi connectivity index (χ0) is 17.1. The lowest BCUT2D eigenvalue weighted by Gasteiger charge is -2.26. The molecule has 24 heavy (non-hydrogen) atoms. The molecule has 1 aliphatic heterocycles. The van der Waals surface area contributed by atoms with Crippen molar-refractivity contribution in [1.82, 2.24) is 15.2 Å². The number of thiazole rings is 1. The Kier molecular flexibility index (Phi) is 5.31. The van der Waals surface area contributed by atoms with Gasteiger partial charge in [0.25, 0.3) is 0 Å². The van der Waals surface area contributed by atoms with Crippen LogP contribution in [0.15, 0.2) is 23.6 Å². The van der Waals surface area contributed by atoms with Gasteiger partial charge in [-0.15, -0.1) is 11.3 Å².